The number of guanidine groups is 1. The van der Waals surface area contributed by atoms with Gasteiger partial charge < -0.3 is 25.0 Å². The summed E-state index contributed by atoms with van der Waals surface area (Å²) in [6, 6.07) is 7.08. The van der Waals surface area contributed by atoms with Crippen molar-refractivity contribution in [3.63, 3.8) is 0 Å². The number of rotatable bonds is 8. The van der Waals surface area contributed by atoms with Crippen molar-refractivity contribution in [2.24, 2.45) is 4.99 Å². The van der Waals surface area contributed by atoms with Crippen LogP contribution in [0, 0.1) is 0 Å². The van der Waals surface area contributed by atoms with Gasteiger partial charge in [0.1, 0.15) is 5.75 Å². The van der Waals surface area contributed by atoms with Crippen molar-refractivity contribution in [2.45, 2.75) is 25.5 Å². The Bertz CT molecular complexity index is 557. The predicted octanol–water partition coefficient (Wildman–Crippen LogP) is 2.07. The zero-order chi connectivity index (χ0) is 18.1. The average Bonchev–Trinajstić information content (AvgIpc) is 3.06. The van der Waals surface area contributed by atoms with E-state index < -0.39 is 6.61 Å². The standard InChI is InChI=1S/C17H26F2N4O2/c1-20-17(21-9-5-11-24-2)22-13-8-10-23(12-13)14-6-3-4-7-15(14)25-16(18)19/h3-4,6-7,13,16H,5,8-12H2,1-2H3,(H2,20,21,22). The largest absolute Gasteiger partial charge is 0.433 e. The number of hydrogen-bond donors (Lipinski definition) is 2. The van der Waals surface area contributed by atoms with Crippen LogP contribution in [0.25, 0.3) is 0 Å². The minimum absolute atomic E-state index is 0.188. The van der Waals surface area contributed by atoms with E-state index in [4.69, 9.17) is 4.74 Å². The quantitative estimate of drug-likeness (QED) is 0.424. The van der Waals surface area contributed by atoms with E-state index in [0.717, 1.165) is 31.9 Å². The molecule has 1 saturated heterocycles. The van der Waals surface area contributed by atoms with Crippen molar-refractivity contribution in [2.75, 3.05) is 45.3 Å². The van der Waals surface area contributed by atoms with E-state index in [1.165, 1.54) is 0 Å². The molecule has 1 unspecified atom stereocenters. The highest BCUT2D eigenvalue weighted by Crippen LogP contribution is 2.31. The molecule has 0 spiro atoms. The van der Waals surface area contributed by atoms with Gasteiger partial charge in [0.05, 0.1) is 5.69 Å². The van der Waals surface area contributed by atoms with Gasteiger partial charge >= 0.3 is 6.61 Å². The molecule has 1 aliphatic rings. The van der Waals surface area contributed by atoms with Gasteiger partial charge in [-0.25, -0.2) is 0 Å². The van der Waals surface area contributed by atoms with Gasteiger partial charge in [0.2, 0.25) is 0 Å². The van der Waals surface area contributed by atoms with Crippen molar-refractivity contribution in [1.82, 2.24) is 10.6 Å². The Balaban J connectivity index is 1.89. The first-order chi connectivity index (χ1) is 12.1. The molecule has 8 heteroatoms. The molecule has 1 fully saturated rings. The van der Waals surface area contributed by atoms with Gasteiger partial charge in [0.25, 0.3) is 0 Å². The van der Waals surface area contributed by atoms with E-state index in [-0.39, 0.29) is 11.8 Å². The van der Waals surface area contributed by atoms with Gasteiger partial charge in [-0.15, -0.1) is 0 Å². The van der Waals surface area contributed by atoms with Crippen molar-refractivity contribution in [3.05, 3.63) is 24.3 Å². The van der Waals surface area contributed by atoms with Gasteiger partial charge in [-0.1, -0.05) is 12.1 Å². The number of nitrogens with one attached hydrogen (secondary N) is 2. The third kappa shape index (κ3) is 6.04. The normalized spacial score (nSPS) is 17.9. The Morgan fingerprint density at radius 3 is 2.92 bits per heavy atom. The predicted molar refractivity (Wildman–Crippen MR) is 94.7 cm³/mol. The fourth-order valence-corrected chi connectivity index (χ4v) is 2.82. The molecule has 1 heterocycles. The van der Waals surface area contributed by atoms with Crippen molar-refractivity contribution >= 4 is 11.6 Å². The number of benzene rings is 1. The molecule has 0 bridgehead atoms. The molecule has 0 aliphatic carbocycles. The molecule has 1 aliphatic heterocycles. The third-order valence-corrected chi connectivity index (χ3v) is 3.99. The summed E-state index contributed by atoms with van der Waals surface area (Å²) >= 11 is 0. The van der Waals surface area contributed by atoms with Crippen LogP contribution in [-0.2, 0) is 4.74 Å². The van der Waals surface area contributed by atoms with Crippen LogP contribution >= 0.6 is 0 Å². The second-order valence-corrected chi connectivity index (χ2v) is 5.77. The summed E-state index contributed by atoms with van der Waals surface area (Å²) < 4.78 is 34.8. The van der Waals surface area contributed by atoms with Crippen LogP contribution in [0.4, 0.5) is 14.5 Å². The van der Waals surface area contributed by atoms with E-state index in [1.807, 2.05) is 11.0 Å². The summed E-state index contributed by atoms with van der Waals surface area (Å²) in [4.78, 5) is 6.26. The van der Waals surface area contributed by atoms with E-state index in [0.29, 0.717) is 18.8 Å². The maximum Gasteiger partial charge on any atom is 0.387 e. The topological polar surface area (TPSA) is 58.1 Å². The smallest absolute Gasteiger partial charge is 0.387 e. The van der Waals surface area contributed by atoms with Crippen LogP contribution < -0.4 is 20.3 Å². The van der Waals surface area contributed by atoms with E-state index in [1.54, 1.807) is 32.4 Å². The molecule has 1 aromatic rings. The Hall–Kier alpha value is -2.09. The number of para-hydroxylation sites is 2. The molecule has 140 valence electrons. The Morgan fingerprint density at radius 1 is 1.40 bits per heavy atom. The van der Waals surface area contributed by atoms with Crippen molar-refractivity contribution < 1.29 is 18.3 Å². The number of anilines is 1. The Morgan fingerprint density at radius 2 is 2.20 bits per heavy atom. The first kappa shape index (κ1) is 19.2. The number of methoxy groups -OCH3 is 1. The molecule has 0 radical (unpaired) electrons. The lowest BCUT2D eigenvalue weighted by Crippen LogP contribution is -2.45. The number of ether oxygens (including phenoxy) is 2. The van der Waals surface area contributed by atoms with Crippen LogP contribution in [0.1, 0.15) is 12.8 Å². The summed E-state index contributed by atoms with van der Waals surface area (Å²) in [5.41, 5.74) is 0.690. The lowest BCUT2D eigenvalue weighted by atomic mass is 10.2. The molecule has 6 nitrogen and oxygen atoms in total. The average molecular weight is 356 g/mol. The second kappa shape index (κ2) is 10.0. The highest BCUT2D eigenvalue weighted by Gasteiger charge is 2.25. The molecule has 1 aromatic carbocycles. The number of halogens is 2. The van der Waals surface area contributed by atoms with E-state index >= 15 is 0 Å². The maximum absolute atomic E-state index is 12.6. The monoisotopic (exact) mass is 356 g/mol. The van der Waals surface area contributed by atoms with Gasteiger partial charge in [-0.05, 0) is 25.0 Å². The van der Waals surface area contributed by atoms with E-state index in [2.05, 4.69) is 20.4 Å². The molecule has 0 saturated carbocycles. The zero-order valence-electron chi connectivity index (χ0n) is 14.7. The first-order valence-electron chi connectivity index (χ1n) is 8.39. The van der Waals surface area contributed by atoms with Crippen molar-refractivity contribution in [1.29, 1.82) is 0 Å². The minimum atomic E-state index is -2.83. The molecular formula is C17H26F2N4O2. The van der Waals surface area contributed by atoms with E-state index in [9.17, 15) is 8.78 Å². The summed E-state index contributed by atoms with van der Waals surface area (Å²) in [6.07, 6.45) is 1.79. The molecule has 2 rings (SSSR count). The lowest BCUT2D eigenvalue weighted by Gasteiger charge is -2.22. The Labute approximate surface area is 147 Å². The summed E-state index contributed by atoms with van der Waals surface area (Å²) in [6.45, 7) is 0.106. The van der Waals surface area contributed by atoms with Crippen LogP contribution in [0.2, 0.25) is 0 Å². The third-order valence-electron chi connectivity index (χ3n) is 3.99. The SMILES string of the molecule is CN=C(NCCCOC)NC1CCN(c2ccccc2OC(F)F)C1. The zero-order valence-corrected chi connectivity index (χ0v) is 14.7. The van der Waals surface area contributed by atoms with Crippen LogP contribution in [0.3, 0.4) is 0 Å². The molecule has 0 aromatic heterocycles. The summed E-state index contributed by atoms with van der Waals surface area (Å²) in [7, 11) is 3.40. The maximum atomic E-state index is 12.6. The second-order valence-electron chi connectivity index (χ2n) is 5.77. The minimum Gasteiger partial charge on any atom is -0.433 e. The van der Waals surface area contributed by atoms with Crippen LogP contribution in [0.15, 0.2) is 29.3 Å². The Kier molecular flexibility index (Phi) is 7.72. The first-order valence-corrected chi connectivity index (χ1v) is 8.39. The highest BCUT2D eigenvalue weighted by molar-refractivity contribution is 5.80. The fraction of sp³-hybridized carbons (Fsp3) is 0.588. The lowest BCUT2D eigenvalue weighted by molar-refractivity contribution is -0.0495. The molecule has 2 N–H and O–H groups in total. The number of aliphatic imine (C=N–C) groups is 1. The molecule has 0 amide bonds. The summed E-state index contributed by atoms with van der Waals surface area (Å²) in [5, 5.41) is 6.61. The number of alkyl halides is 2. The van der Waals surface area contributed by atoms with Gasteiger partial charge in [0.15, 0.2) is 5.96 Å². The number of hydrogen-bond acceptors (Lipinski definition) is 4. The molecule has 1 atom stereocenters. The molecule has 25 heavy (non-hydrogen) atoms. The summed E-state index contributed by atoms with van der Waals surface area (Å²) in [5.74, 6) is 0.945. The molecular weight excluding hydrogens is 330 g/mol. The van der Waals surface area contributed by atoms with Gasteiger partial charge in [-0.2, -0.15) is 8.78 Å². The number of nitrogens with zero attached hydrogens (tertiary/aromatic N) is 2. The fourth-order valence-electron chi connectivity index (χ4n) is 2.82. The van der Waals surface area contributed by atoms with Gasteiger partial charge in [0, 0.05) is 46.4 Å². The van der Waals surface area contributed by atoms with Crippen molar-refractivity contribution in [3.8, 4) is 5.75 Å². The highest BCUT2D eigenvalue weighted by atomic mass is 19.3. The van der Waals surface area contributed by atoms with Crippen LogP contribution in [0.5, 0.6) is 5.75 Å². The van der Waals surface area contributed by atoms with Gasteiger partial charge in [-0.3, -0.25) is 4.99 Å². The van der Waals surface area contributed by atoms with Crippen LogP contribution in [-0.4, -0.2) is 59.0 Å².